The highest BCUT2D eigenvalue weighted by Gasteiger charge is 2.26. The van der Waals surface area contributed by atoms with E-state index >= 15 is 0 Å². The van der Waals surface area contributed by atoms with Gasteiger partial charge in [0.2, 0.25) is 0 Å². The van der Waals surface area contributed by atoms with E-state index in [0.29, 0.717) is 6.42 Å². The normalized spacial score (nSPS) is 14.1. The molecule has 10 heteroatoms. The molecule has 0 aliphatic carbocycles. The van der Waals surface area contributed by atoms with Crippen LogP contribution in [0, 0.1) is 0 Å². The van der Waals surface area contributed by atoms with Crippen LogP contribution in [0.4, 0.5) is 0 Å². The summed E-state index contributed by atoms with van der Waals surface area (Å²) in [6, 6.07) is 0. The fourth-order valence-corrected chi connectivity index (χ4v) is 7.76. The Kier molecular flexibility index (Phi) is 52.5. The number of allylic oxidation sites excluding steroid dienone is 22. The zero-order valence-corrected chi connectivity index (χ0v) is 45.5. The van der Waals surface area contributed by atoms with Gasteiger partial charge in [0.05, 0.1) is 13.2 Å². The van der Waals surface area contributed by atoms with Crippen LogP contribution in [0.5, 0.6) is 0 Å². The average Bonchev–Trinajstić information content (AvgIpc) is 3.36. The Bertz CT molecular complexity index is 1620. The summed E-state index contributed by atoms with van der Waals surface area (Å²) >= 11 is 0. The minimum atomic E-state index is -4.39. The molecule has 0 saturated heterocycles. The lowest BCUT2D eigenvalue weighted by atomic mass is 10.1. The first-order valence-corrected chi connectivity index (χ1v) is 29.2. The summed E-state index contributed by atoms with van der Waals surface area (Å²) in [4.78, 5) is 34.9. The van der Waals surface area contributed by atoms with Crippen molar-refractivity contribution in [3.63, 3.8) is 0 Å². The van der Waals surface area contributed by atoms with Crippen molar-refractivity contribution in [1.82, 2.24) is 0 Å². The number of esters is 2. The van der Waals surface area contributed by atoms with Crippen LogP contribution < -0.4 is 5.73 Å². The van der Waals surface area contributed by atoms with Crippen molar-refractivity contribution in [2.24, 2.45) is 5.73 Å². The van der Waals surface area contributed by atoms with E-state index in [1.54, 1.807) is 0 Å². The molecule has 0 fully saturated rings. The summed E-state index contributed by atoms with van der Waals surface area (Å²) in [5.74, 6) is -0.852. The maximum absolute atomic E-state index is 12.6. The van der Waals surface area contributed by atoms with Crippen LogP contribution in [-0.4, -0.2) is 49.3 Å². The van der Waals surface area contributed by atoms with Gasteiger partial charge in [0.1, 0.15) is 6.61 Å². The van der Waals surface area contributed by atoms with E-state index in [1.165, 1.54) is 57.8 Å². The molecule has 71 heavy (non-hydrogen) atoms. The van der Waals surface area contributed by atoms with Gasteiger partial charge in [-0.2, -0.15) is 0 Å². The van der Waals surface area contributed by atoms with Gasteiger partial charge in [-0.1, -0.05) is 231 Å². The molecule has 0 rings (SSSR count). The van der Waals surface area contributed by atoms with Crippen molar-refractivity contribution in [3.05, 3.63) is 134 Å². The SMILES string of the molecule is CC/C=C\C/C=C\C/C=C\C/C=C\C/C=C\C/C=C\C/C=C\C/C=C\C/C=C\C/C=C\C/C=C\CCCCCCCCCC(=O)OC(COC(=O)CCCCCCCCCCC)COP(=O)(O)OCCN. The first-order valence-electron chi connectivity index (χ1n) is 27.7. The highest BCUT2D eigenvalue weighted by Crippen LogP contribution is 2.43. The van der Waals surface area contributed by atoms with Gasteiger partial charge in [-0.3, -0.25) is 18.6 Å². The maximum atomic E-state index is 12.6. The predicted molar refractivity (Wildman–Crippen MR) is 302 cm³/mol. The standard InChI is InChI=1S/C61H100NO8P/c1-3-5-7-9-11-13-14-15-16-17-18-19-20-21-22-23-24-25-26-27-28-29-30-31-32-33-34-35-36-37-38-39-40-41-42-43-44-46-48-50-52-54-61(64)70-59(58-69-71(65,66)68-56-55-62)57-67-60(63)53-51-49-47-45-12-10-8-6-4-2/h5,7,11,13,15-16,18-19,21-22,24-25,27-28,30-31,33-34,36-37,39-40,59H,3-4,6,8-10,12,14,17,20,23,26,29,32,35,38,41-58,62H2,1-2H3,(H,65,66)/b7-5-,13-11-,16-15-,19-18-,22-21-,25-24-,28-27-,31-30-,34-33-,37-36-,40-39-. The first kappa shape index (κ1) is 67.1. The molecule has 0 radical (unpaired) electrons. The second-order valence-electron chi connectivity index (χ2n) is 17.7. The summed E-state index contributed by atoms with van der Waals surface area (Å²) in [7, 11) is -4.39. The van der Waals surface area contributed by atoms with Gasteiger partial charge in [-0.25, -0.2) is 4.57 Å². The molecule has 2 unspecified atom stereocenters. The van der Waals surface area contributed by atoms with Gasteiger partial charge in [0, 0.05) is 19.4 Å². The molecule has 0 aromatic heterocycles. The third-order valence-electron chi connectivity index (χ3n) is 11.1. The third kappa shape index (κ3) is 55.3. The third-order valence-corrected chi connectivity index (χ3v) is 12.0. The molecule has 0 heterocycles. The molecule has 0 aliphatic rings. The van der Waals surface area contributed by atoms with Gasteiger partial charge in [-0.05, 0) is 96.3 Å². The Morgan fingerprint density at radius 3 is 1.15 bits per heavy atom. The topological polar surface area (TPSA) is 134 Å². The first-order chi connectivity index (χ1) is 34.8. The predicted octanol–water partition coefficient (Wildman–Crippen LogP) is 17.4. The van der Waals surface area contributed by atoms with Crippen LogP contribution in [-0.2, 0) is 32.7 Å². The number of unbranched alkanes of at least 4 members (excludes halogenated alkanes) is 15. The van der Waals surface area contributed by atoms with Crippen LogP contribution in [0.2, 0.25) is 0 Å². The Balaban J connectivity index is 3.96. The number of carbonyl (C=O) groups excluding carboxylic acids is 2. The number of nitrogens with two attached hydrogens (primary N) is 1. The highest BCUT2D eigenvalue weighted by atomic mass is 31.2. The zero-order valence-electron chi connectivity index (χ0n) is 44.7. The monoisotopic (exact) mass is 1010 g/mol. The maximum Gasteiger partial charge on any atom is 0.472 e. The van der Waals surface area contributed by atoms with Crippen LogP contribution in [0.3, 0.4) is 0 Å². The zero-order chi connectivity index (χ0) is 51.7. The number of rotatable bonds is 50. The Morgan fingerprint density at radius 2 is 0.775 bits per heavy atom. The van der Waals surface area contributed by atoms with E-state index in [2.05, 4.69) is 148 Å². The molecule has 0 spiro atoms. The highest BCUT2D eigenvalue weighted by molar-refractivity contribution is 7.47. The molecule has 2 atom stereocenters. The summed E-state index contributed by atoms with van der Waals surface area (Å²) in [6.07, 6.45) is 78.1. The van der Waals surface area contributed by atoms with Gasteiger partial charge in [-0.15, -0.1) is 0 Å². The van der Waals surface area contributed by atoms with E-state index in [1.807, 2.05) is 0 Å². The van der Waals surface area contributed by atoms with Crippen LogP contribution in [0.1, 0.15) is 206 Å². The van der Waals surface area contributed by atoms with Crippen molar-refractivity contribution in [3.8, 4) is 0 Å². The van der Waals surface area contributed by atoms with E-state index in [9.17, 15) is 19.0 Å². The van der Waals surface area contributed by atoms with E-state index in [4.69, 9.17) is 24.3 Å². The molecule has 0 bridgehead atoms. The summed E-state index contributed by atoms with van der Waals surface area (Å²) in [6.45, 7) is 3.56. The summed E-state index contributed by atoms with van der Waals surface area (Å²) < 4.78 is 32.8. The van der Waals surface area contributed by atoms with Gasteiger partial charge in [0.25, 0.3) is 0 Å². The quantitative estimate of drug-likeness (QED) is 0.0264. The molecular formula is C61H100NO8P. The second kappa shape index (κ2) is 55.5. The lowest BCUT2D eigenvalue weighted by Gasteiger charge is -2.19. The molecule has 9 nitrogen and oxygen atoms in total. The average molecular weight is 1010 g/mol. The molecule has 0 aromatic carbocycles. The van der Waals surface area contributed by atoms with Gasteiger partial charge < -0.3 is 20.1 Å². The van der Waals surface area contributed by atoms with Crippen LogP contribution in [0.25, 0.3) is 0 Å². The minimum Gasteiger partial charge on any atom is -0.462 e. The number of carbonyl (C=O) groups is 2. The summed E-state index contributed by atoms with van der Waals surface area (Å²) in [5.41, 5.74) is 5.35. The van der Waals surface area contributed by atoms with E-state index < -0.39 is 32.5 Å². The van der Waals surface area contributed by atoms with Crippen LogP contribution >= 0.6 is 7.82 Å². The molecule has 3 N–H and O–H groups in total. The van der Waals surface area contributed by atoms with Crippen molar-refractivity contribution in [2.75, 3.05) is 26.4 Å². The fraction of sp³-hybridized carbons (Fsp3) is 0.607. The molecule has 0 aliphatic heterocycles. The molecule has 0 amide bonds. The Hall–Kier alpha value is -3.85. The Morgan fingerprint density at radius 1 is 0.437 bits per heavy atom. The molecule has 402 valence electrons. The van der Waals surface area contributed by atoms with Gasteiger partial charge in [0.15, 0.2) is 6.10 Å². The minimum absolute atomic E-state index is 0.0462. The van der Waals surface area contributed by atoms with Crippen molar-refractivity contribution in [2.45, 2.75) is 213 Å². The molecular weight excluding hydrogens is 906 g/mol. The van der Waals surface area contributed by atoms with Gasteiger partial charge >= 0.3 is 19.8 Å². The number of hydrogen-bond donors (Lipinski definition) is 2. The van der Waals surface area contributed by atoms with Crippen molar-refractivity contribution in [1.29, 1.82) is 0 Å². The number of phosphoric acid groups is 1. The Labute approximate surface area is 434 Å². The number of hydrogen-bond acceptors (Lipinski definition) is 8. The van der Waals surface area contributed by atoms with Crippen molar-refractivity contribution < 1.29 is 37.6 Å². The molecule has 0 aromatic rings. The summed E-state index contributed by atoms with van der Waals surface area (Å²) in [5, 5.41) is 0. The van der Waals surface area contributed by atoms with Crippen LogP contribution in [0.15, 0.2) is 134 Å². The lowest BCUT2D eigenvalue weighted by molar-refractivity contribution is -0.161. The van der Waals surface area contributed by atoms with Crippen molar-refractivity contribution >= 4 is 19.8 Å². The van der Waals surface area contributed by atoms with E-state index in [0.717, 1.165) is 116 Å². The lowest BCUT2D eigenvalue weighted by Crippen LogP contribution is -2.29. The second-order valence-corrected chi connectivity index (χ2v) is 19.2. The smallest absolute Gasteiger partial charge is 0.462 e. The number of ether oxygens (including phenoxy) is 2. The molecule has 0 saturated carbocycles. The van der Waals surface area contributed by atoms with E-state index in [-0.39, 0.29) is 32.6 Å². The largest absolute Gasteiger partial charge is 0.472 e. The number of phosphoric ester groups is 1. The fourth-order valence-electron chi connectivity index (χ4n) is 6.99.